The van der Waals surface area contributed by atoms with Crippen LogP contribution in [0.4, 0.5) is 17.6 Å². The summed E-state index contributed by atoms with van der Waals surface area (Å²) in [5, 5.41) is 1.96. The molecule has 0 saturated carbocycles. The van der Waals surface area contributed by atoms with Gasteiger partial charge in [0.05, 0.1) is 10.9 Å². The number of hydrogen-bond donors (Lipinski definition) is 0. The molecule has 0 N–H and O–H groups in total. The Hall–Kier alpha value is -3.82. The predicted molar refractivity (Wildman–Crippen MR) is 124 cm³/mol. The molecular formula is C26H17F4NO3S. The van der Waals surface area contributed by atoms with Gasteiger partial charge in [-0.25, -0.2) is 12.8 Å². The molecule has 0 unspecified atom stereocenters. The van der Waals surface area contributed by atoms with Crippen LogP contribution in [0.15, 0.2) is 103 Å². The molecule has 0 aliphatic heterocycles. The first kappa shape index (κ1) is 24.3. The molecule has 0 spiro atoms. The van der Waals surface area contributed by atoms with Gasteiger partial charge >= 0.3 is 5.51 Å². The van der Waals surface area contributed by atoms with E-state index in [1.54, 1.807) is 6.07 Å². The molecule has 0 atom stereocenters. The van der Waals surface area contributed by atoms with Crippen molar-refractivity contribution in [2.45, 2.75) is 5.51 Å². The summed E-state index contributed by atoms with van der Waals surface area (Å²) in [7, 11) is -6.09. The predicted octanol–water partition coefficient (Wildman–Crippen LogP) is 6.10. The molecule has 5 aromatic rings. The minimum Gasteiger partial charge on any atom is -0.741 e. The van der Waals surface area contributed by atoms with E-state index in [0.717, 1.165) is 38.7 Å². The fraction of sp³-hybridized carbons (Fsp3) is 0.0385. The second-order valence-electron chi connectivity index (χ2n) is 7.50. The summed E-state index contributed by atoms with van der Waals surface area (Å²) in [6.07, 6.45) is 2.08. The quantitative estimate of drug-likeness (QED) is 0.0969. The Morgan fingerprint density at radius 2 is 1.26 bits per heavy atom. The van der Waals surface area contributed by atoms with Crippen molar-refractivity contribution in [3.05, 3.63) is 109 Å². The Labute approximate surface area is 198 Å². The van der Waals surface area contributed by atoms with Gasteiger partial charge in [-0.2, -0.15) is 17.6 Å². The first-order valence-corrected chi connectivity index (χ1v) is 11.7. The van der Waals surface area contributed by atoms with Crippen LogP contribution in [0.3, 0.4) is 0 Å². The Morgan fingerprint density at radius 3 is 1.83 bits per heavy atom. The average molecular weight is 499 g/mol. The normalized spacial score (nSPS) is 11.8. The fourth-order valence-corrected chi connectivity index (χ4v) is 3.83. The van der Waals surface area contributed by atoms with Gasteiger partial charge in [-0.15, -0.1) is 0 Å². The molecule has 5 rings (SSSR count). The summed E-state index contributed by atoms with van der Waals surface area (Å²) in [4.78, 5) is 0. The summed E-state index contributed by atoms with van der Waals surface area (Å²) >= 11 is 0. The number of fused-ring (bicyclic) bond motifs is 3. The minimum atomic E-state index is -6.09. The standard InChI is InChI=1S/C25H17FN.CHF3O3S/c26-20-14-15-21-22(17-20)24(18-9-3-1-4-10-18)25(19-11-5-2-6-12-19)27-16-8-7-13-23(21)27;2-1(3,4)8(5,6)7/h1-17H;(H,5,6,7)/q+1;/p-1. The lowest BCUT2D eigenvalue weighted by Gasteiger charge is -2.12. The lowest BCUT2D eigenvalue weighted by Crippen LogP contribution is -2.26. The summed E-state index contributed by atoms with van der Waals surface area (Å²) in [6.45, 7) is 0. The molecule has 0 amide bonds. The van der Waals surface area contributed by atoms with E-state index in [2.05, 4.69) is 40.9 Å². The Kier molecular flexibility index (Phi) is 6.56. The maximum absolute atomic E-state index is 14.3. The maximum atomic E-state index is 14.3. The second-order valence-corrected chi connectivity index (χ2v) is 8.87. The van der Waals surface area contributed by atoms with Crippen molar-refractivity contribution in [3.63, 3.8) is 0 Å². The van der Waals surface area contributed by atoms with Crippen molar-refractivity contribution in [3.8, 4) is 22.4 Å². The number of alkyl halides is 3. The first-order chi connectivity index (χ1) is 16.6. The van der Waals surface area contributed by atoms with Crippen LogP contribution in [0.5, 0.6) is 0 Å². The molecule has 2 heterocycles. The van der Waals surface area contributed by atoms with Gasteiger partial charge in [-0.3, -0.25) is 0 Å². The molecule has 2 aromatic heterocycles. The molecular weight excluding hydrogens is 482 g/mol. The third kappa shape index (κ3) is 5.01. The van der Waals surface area contributed by atoms with Crippen LogP contribution < -0.4 is 4.40 Å². The van der Waals surface area contributed by atoms with Crippen molar-refractivity contribution >= 4 is 26.4 Å². The van der Waals surface area contributed by atoms with E-state index in [0.29, 0.717) is 0 Å². The zero-order chi connectivity index (χ0) is 25.2. The summed E-state index contributed by atoms with van der Waals surface area (Å²) in [6, 6.07) is 31.7. The molecule has 35 heavy (non-hydrogen) atoms. The molecule has 0 aliphatic rings. The summed E-state index contributed by atoms with van der Waals surface area (Å²) in [5.41, 5.74) is -0.303. The third-order valence-corrected chi connectivity index (χ3v) is 5.82. The monoisotopic (exact) mass is 499 g/mol. The Bertz CT molecular complexity index is 1600. The highest BCUT2D eigenvalue weighted by Crippen LogP contribution is 2.37. The van der Waals surface area contributed by atoms with Gasteiger partial charge in [0.15, 0.2) is 16.3 Å². The first-order valence-electron chi connectivity index (χ1n) is 10.3. The Balaban J connectivity index is 0.000000314. The van der Waals surface area contributed by atoms with Crippen LogP contribution in [0.2, 0.25) is 0 Å². The number of aromatic nitrogens is 1. The molecule has 9 heteroatoms. The molecule has 178 valence electrons. The summed E-state index contributed by atoms with van der Waals surface area (Å²) in [5.74, 6) is -0.223. The lowest BCUT2D eigenvalue weighted by molar-refractivity contribution is -0.497. The molecule has 4 nitrogen and oxygen atoms in total. The highest BCUT2D eigenvalue weighted by Gasteiger charge is 2.37. The van der Waals surface area contributed by atoms with E-state index in [1.807, 2.05) is 54.6 Å². The number of pyridine rings is 2. The van der Waals surface area contributed by atoms with Crippen LogP contribution in [-0.4, -0.2) is 18.5 Å². The van der Waals surface area contributed by atoms with Crippen molar-refractivity contribution in [2.75, 3.05) is 0 Å². The van der Waals surface area contributed by atoms with Crippen molar-refractivity contribution < 1.29 is 34.9 Å². The molecule has 0 aliphatic carbocycles. The largest absolute Gasteiger partial charge is 0.741 e. The van der Waals surface area contributed by atoms with Gasteiger partial charge in [0.1, 0.15) is 5.82 Å². The van der Waals surface area contributed by atoms with Crippen LogP contribution in [0, 0.1) is 5.82 Å². The topological polar surface area (TPSA) is 61.3 Å². The molecule has 0 radical (unpaired) electrons. The van der Waals surface area contributed by atoms with E-state index in [-0.39, 0.29) is 5.82 Å². The number of nitrogens with zero attached hydrogens (tertiary/aromatic N) is 1. The zero-order valence-electron chi connectivity index (χ0n) is 17.9. The maximum Gasteiger partial charge on any atom is 0.485 e. The molecule has 0 bridgehead atoms. The zero-order valence-corrected chi connectivity index (χ0v) is 18.7. The number of halogens is 4. The van der Waals surface area contributed by atoms with Crippen LogP contribution >= 0.6 is 0 Å². The molecule has 0 saturated heterocycles. The summed E-state index contributed by atoms with van der Waals surface area (Å²) < 4.78 is 75.4. The van der Waals surface area contributed by atoms with E-state index in [9.17, 15) is 17.6 Å². The van der Waals surface area contributed by atoms with Gasteiger partial charge in [-0.05, 0) is 42.0 Å². The molecule has 3 aromatic carbocycles. The SMILES string of the molecule is Fc1ccc2c(c1)c(-c1ccccc1)c(-c1ccccc1)[n+]1ccccc21.O=S(=O)([O-])C(F)(F)F. The van der Waals surface area contributed by atoms with E-state index in [1.165, 1.54) is 6.07 Å². The van der Waals surface area contributed by atoms with Gasteiger partial charge in [0.2, 0.25) is 11.2 Å². The lowest BCUT2D eigenvalue weighted by atomic mass is 9.92. The third-order valence-electron chi connectivity index (χ3n) is 5.26. The average Bonchev–Trinajstić information content (AvgIpc) is 2.83. The highest BCUT2D eigenvalue weighted by molar-refractivity contribution is 7.86. The molecule has 0 fully saturated rings. The fourth-order valence-electron chi connectivity index (χ4n) is 3.83. The highest BCUT2D eigenvalue weighted by atomic mass is 32.2. The van der Waals surface area contributed by atoms with E-state index >= 15 is 0 Å². The van der Waals surface area contributed by atoms with Gasteiger partial charge < -0.3 is 4.55 Å². The van der Waals surface area contributed by atoms with Crippen LogP contribution in [-0.2, 0) is 10.1 Å². The van der Waals surface area contributed by atoms with Gasteiger partial charge in [0.25, 0.3) is 0 Å². The number of rotatable bonds is 2. The smallest absolute Gasteiger partial charge is 0.485 e. The van der Waals surface area contributed by atoms with Crippen LogP contribution in [0.25, 0.3) is 38.7 Å². The minimum absolute atomic E-state index is 0.223. The van der Waals surface area contributed by atoms with Crippen molar-refractivity contribution in [1.82, 2.24) is 0 Å². The van der Waals surface area contributed by atoms with Gasteiger partial charge in [-0.1, -0.05) is 48.5 Å². The van der Waals surface area contributed by atoms with Gasteiger partial charge in [0, 0.05) is 23.1 Å². The number of hydrogen-bond acceptors (Lipinski definition) is 3. The second kappa shape index (κ2) is 9.44. The van der Waals surface area contributed by atoms with E-state index < -0.39 is 15.6 Å². The van der Waals surface area contributed by atoms with E-state index in [4.69, 9.17) is 13.0 Å². The van der Waals surface area contributed by atoms with Crippen molar-refractivity contribution in [2.24, 2.45) is 0 Å². The Morgan fingerprint density at radius 1 is 0.714 bits per heavy atom. The number of benzene rings is 3. The van der Waals surface area contributed by atoms with Crippen molar-refractivity contribution in [1.29, 1.82) is 0 Å². The van der Waals surface area contributed by atoms with Crippen LogP contribution in [0.1, 0.15) is 0 Å².